The predicted octanol–water partition coefficient (Wildman–Crippen LogP) is 2.65. The number of carboxylic acids is 1. The number of ether oxygens (including phenoxy) is 1. The van der Waals surface area contributed by atoms with E-state index in [2.05, 4.69) is 0 Å². The Morgan fingerprint density at radius 1 is 1.47 bits per heavy atom. The van der Waals surface area contributed by atoms with E-state index in [9.17, 15) is 9.90 Å². The van der Waals surface area contributed by atoms with E-state index in [0.717, 1.165) is 29.5 Å². The molecule has 3 heteroatoms. The van der Waals surface area contributed by atoms with Gasteiger partial charge < -0.3 is 9.84 Å². The molecule has 1 heterocycles. The summed E-state index contributed by atoms with van der Waals surface area (Å²) in [5.41, 5.74) is 3.07. The lowest BCUT2D eigenvalue weighted by Crippen LogP contribution is -2.26. The van der Waals surface area contributed by atoms with Crippen molar-refractivity contribution < 1.29 is 14.6 Å². The second kappa shape index (κ2) is 4.88. The Kier molecular flexibility index (Phi) is 3.48. The number of rotatable bonds is 3. The first-order chi connectivity index (χ1) is 8.09. The Labute approximate surface area is 101 Å². The number of carbonyl (C=O) groups is 1. The van der Waals surface area contributed by atoms with Gasteiger partial charge in [-0.2, -0.15) is 0 Å². The van der Waals surface area contributed by atoms with Gasteiger partial charge in [0.1, 0.15) is 5.92 Å². The van der Waals surface area contributed by atoms with Crippen LogP contribution in [0.3, 0.4) is 0 Å². The molecule has 17 heavy (non-hydrogen) atoms. The molecule has 3 nitrogen and oxygen atoms in total. The van der Waals surface area contributed by atoms with Crippen LogP contribution < -0.4 is 0 Å². The molecule has 0 radical (unpaired) electrons. The summed E-state index contributed by atoms with van der Waals surface area (Å²) < 4.78 is 5.54. The van der Waals surface area contributed by atoms with Gasteiger partial charge in [0, 0.05) is 6.61 Å². The molecular weight excluding hydrogens is 216 g/mol. The first-order valence-electron chi connectivity index (χ1n) is 6.01. The number of aliphatic carboxylic acids is 1. The van der Waals surface area contributed by atoms with Crippen LogP contribution in [-0.2, 0) is 9.53 Å². The van der Waals surface area contributed by atoms with E-state index in [0.29, 0.717) is 6.61 Å². The Hall–Kier alpha value is -1.35. The van der Waals surface area contributed by atoms with Gasteiger partial charge >= 0.3 is 5.97 Å². The molecule has 0 aromatic heterocycles. The molecule has 0 aliphatic carbocycles. The van der Waals surface area contributed by atoms with Crippen molar-refractivity contribution in [3.63, 3.8) is 0 Å². The number of carboxylic acid groups (broad SMARTS) is 1. The normalized spacial score (nSPS) is 21.4. The highest BCUT2D eigenvalue weighted by Crippen LogP contribution is 2.31. The highest BCUT2D eigenvalue weighted by molar-refractivity contribution is 5.77. The van der Waals surface area contributed by atoms with Gasteiger partial charge in [0.2, 0.25) is 0 Å². The van der Waals surface area contributed by atoms with E-state index in [1.54, 1.807) is 0 Å². The molecule has 1 aromatic carbocycles. The van der Waals surface area contributed by atoms with Crippen molar-refractivity contribution in [3.8, 4) is 0 Å². The van der Waals surface area contributed by atoms with Gasteiger partial charge in [-0.3, -0.25) is 4.79 Å². The summed E-state index contributed by atoms with van der Waals surface area (Å²) in [5.74, 6) is -1.32. The van der Waals surface area contributed by atoms with Gasteiger partial charge in [0.15, 0.2) is 0 Å². The minimum atomic E-state index is -0.788. The van der Waals surface area contributed by atoms with E-state index in [4.69, 9.17) is 4.74 Å². The third-order valence-electron chi connectivity index (χ3n) is 3.36. The molecule has 2 rings (SSSR count). The molecule has 1 aromatic rings. The third-order valence-corrected chi connectivity index (χ3v) is 3.36. The number of benzene rings is 1. The molecule has 1 aliphatic heterocycles. The standard InChI is InChI=1S/C14H18O3/c1-9-5-6-11(10(2)8-9)13(14(15)16)12-4-3-7-17-12/h5-6,8,12-13H,3-4,7H2,1-2H3,(H,15,16). The predicted molar refractivity (Wildman–Crippen MR) is 65.3 cm³/mol. The molecule has 1 N–H and O–H groups in total. The van der Waals surface area contributed by atoms with Crippen LogP contribution in [0.25, 0.3) is 0 Å². The van der Waals surface area contributed by atoms with Gasteiger partial charge in [0.25, 0.3) is 0 Å². The number of hydrogen-bond donors (Lipinski definition) is 1. The minimum Gasteiger partial charge on any atom is -0.481 e. The highest BCUT2D eigenvalue weighted by Gasteiger charge is 2.33. The average molecular weight is 234 g/mol. The van der Waals surface area contributed by atoms with E-state index in [-0.39, 0.29) is 6.10 Å². The molecule has 1 fully saturated rings. The molecule has 1 saturated heterocycles. The van der Waals surface area contributed by atoms with Crippen LogP contribution in [0.2, 0.25) is 0 Å². The maximum absolute atomic E-state index is 11.4. The summed E-state index contributed by atoms with van der Waals surface area (Å²) >= 11 is 0. The van der Waals surface area contributed by atoms with Gasteiger partial charge in [-0.25, -0.2) is 0 Å². The molecule has 2 atom stereocenters. The molecule has 1 aliphatic rings. The van der Waals surface area contributed by atoms with E-state index in [1.165, 1.54) is 0 Å². The van der Waals surface area contributed by atoms with Crippen LogP contribution in [0.5, 0.6) is 0 Å². The zero-order chi connectivity index (χ0) is 12.4. The summed E-state index contributed by atoms with van der Waals surface area (Å²) in [5, 5.41) is 9.40. The van der Waals surface area contributed by atoms with E-state index in [1.807, 2.05) is 32.0 Å². The van der Waals surface area contributed by atoms with Crippen molar-refractivity contribution in [1.82, 2.24) is 0 Å². The fourth-order valence-corrected chi connectivity index (χ4v) is 2.53. The van der Waals surface area contributed by atoms with E-state index >= 15 is 0 Å². The molecule has 92 valence electrons. The lowest BCUT2D eigenvalue weighted by Gasteiger charge is -2.21. The molecular formula is C14H18O3. The smallest absolute Gasteiger partial charge is 0.313 e. The summed E-state index contributed by atoms with van der Waals surface area (Å²) in [4.78, 5) is 11.4. The fraction of sp³-hybridized carbons (Fsp3) is 0.500. The maximum Gasteiger partial charge on any atom is 0.313 e. The number of hydrogen-bond acceptors (Lipinski definition) is 2. The zero-order valence-corrected chi connectivity index (χ0v) is 10.3. The lowest BCUT2D eigenvalue weighted by atomic mass is 9.88. The molecule has 2 unspecified atom stereocenters. The Balaban J connectivity index is 2.35. The van der Waals surface area contributed by atoms with Gasteiger partial charge in [-0.1, -0.05) is 23.8 Å². The van der Waals surface area contributed by atoms with Crippen LogP contribution in [0.15, 0.2) is 18.2 Å². The number of aryl methyl sites for hydroxylation is 2. The van der Waals surface area contributed by atoms with Gasteiger partial charge in [-0.15, -0.1) is 0 Å². The maximum atomic E-state index is 11.4. The first-order valence-corrected chi connectivity index (χ1v) is 6.01. The average Bonchev–Trinajstić information content (AvgIpc) is 2.74. The Morgan fingerprint density at radius 3 is 2.76 bits per heavy atom. The monoisotopic (exact) mass is 234 g/mol. The van der Waals surface area contributed by atoms with Crippen molar-refractivity contribution in [2.45, 2.75) is 38.7 Å². The van der Waals surface area contributed by atoms with Crippen LogP contribution in [0.4, 0.5) is 0 Å². The second-order valence-electron chi connectivity index (χ2n) is 4.73. The third kappa shape index (κ3) is 2.50. The quantitative estimate of drug-likeness (QED) is 0.874. The van der Waals surface area contributed by atoms with Crippen molar-refractivity contribution in [1.29, 1.82) is 0 Å². The lowest BCUT2D eigenvalue weighted by molar-refractivity contribution is -0.141. The van der Waals surface area contributed by atoms with Crippen molar-refractivity contribution in [2.24, 2.45) is 0 Å². The van der Waals surface area contributed by atoms with Crippen molar-refractivity contribution >= 4 is 5.97 Å². The Morgan fingerprint density at radius 2 is 2.24 bits per heavy atom. The summed E-state index contributed by atoms with van der Waals surface area (Å²) in [7, 11) is 0. The molecule has 0 amide bonds. The molecule has 0 bridgehead atoms. The van der Waals surface area contributed by atoms with Crippen LogP contribution in [0, 0.1) is 13.8 Å². The minimum absolute atomic E-state index is 0.172. The molecule has 0 spiro atoms. The van der Waals surface area contributed by atoms with E-state index < -0.39 is 11.9 Å². The zero-order valence-electron chi connectivity index (χ0n) is 10.3. The van der Waals surface area contributed by atoms with Crippen molar-refractivity contribution in [2.75, 3.05) is 6.61 Å². The second-order valence-corrected chi connectivity index (χ2v) is 4.73. The molecule has 0 saturated carbocycles. The summed E-state index contributed by atoms with van der Waals surface area (Å²) in [6, 6.07) is 5.92. The van der Waals surface area contributed by atoms with Gasteiger partial charge in [-0.05, 0) is 37.8 Å². The summed E-state index contributed by atoms with van der Waals surface area (Å²) in [6.45, 7) is 4.66. The summed E-state index contributed by atoms with van der Waals surface area (Å²) in [6.07, 6.45) is 1.62. The topological polar surface area (TPSA) is 46.5 Å². The van der Waals surface area contributed by atoms with Crippen LogP contribution >= 0.6 is 0 Å². The highest BCUT2D eigenvalue weighted by atomic mass is 16.5. The first kappa shape index (κ1) is 12.1. The van der Waals surface area contributed by atoms with Crippen molar-refractivity contribution in [3.05, 3.63) is 34.9 Å². The van der Waals surface area contributed by atoms with Crippen LogP contribution in [-0.4, -0.2) is 23.8 Å². The largest absolute Gasteiger partial charge is 0.481 e. The Bertz CT molecular complexity index is 419. The van der Waals surface area contributed by atoms with Gasteiger partial charge in [0.05, 0.1) is 6.10 Å². The van der Waals surface area contributed by atoms with Crippen LogP contribution in [0.1, 0.15) is 35.4 Å². The SMILES string of the molecule is Cc1ccc(C(C(=O)O)C2CCCO2)c(C)c1. The fourth-order valence-electron chi connectivity index (χ4n) is 2.53.